The Morgan fingerprint density at radius 1 is 1.29 bits per heavy atom. The molecule has 0 fully saturated rings. The summed E-state index contributed by atoms with van der Waals surface area (Å²) in [7, 11) is 0. The fourth-order valence-corrected chi connectivity index (χ4v) is 1.68. The van der Waals surface area contributed by atoms with Gasteiger partial charge in [-0.1, -0.05) is 13.3 Å². The van der Waals surface area contributed by atoms with E-state index in [1.807, 2.05) is 18.3 Å². The molecule has 0 aliphatic heterocycles. The van der Waals surface area contributed by atoms with Crippen LogP contribution in [0.4, 0.5) is 4.39 Å². The van der Waals surface area contributed by atoms with Crippen molar-refractivity contribution in [2.45, 2.75) is 26.3 Å². The molecule has 0 N–H and O–H groups in total. The van der Waals surface area contributed by atoms with Crippen molar-refractivity contribution >= 4 is 10.9 Å². The third kappa shape index (κ3) is 1.65. The fourth-order valence-electron chi connectivity index (χ4n) is 1.68. The van der Waals surface area contributed by atoms with E-state index < -0.39 is 0 Å². The van der Waals surface area contributed by atoms with Gasteiger partial charge in [-0.05, 0) is 36.1 Å². The Morgan fingerprint density at radius 3 is 2.93 bits per heavy atom. The highest BCUT2D eigenvalue weighted by atomic mass is 19.1. The van der Waals surface area contributed by atoms with Crippen LogP contribution in [0.3, 0.4) is 0 Å². The molecule has 74 valence electrons. The molecule has 0 saturated carbocycles. The van der Waals surface area contributed by atoms with Crippen LogP contribution in [0.5, 0.6) is 0 Å². The van der Waals surface area contributed by atoms with Gasteiger partial charge < -0.3 is 4.57 Å². The van der Waals surface area contributed by atoms with Crippen molar-refractivity contribution < 1.29 is 4.39 Å². The van der Waals surface area contributed by atoms with E-state index in [9.17, 15) is 4.39 Å². The minimum atomic E-state index is -0.158. The summed E-state index contributed by atoms with van der Waals surface area (Å²) < 4.78 is 15.1. The molecule has 0 bridgehead atoms. The van der Waals surface area contributed by atoms with Crippen LogP contribution in [-0.4, -0.2) is 4.57 Å². The maximum absolute atomic E-state index is 13.0. The Kier molecular flexibility index (Phi) is 2.53. The summed E-state index contributed by atoms with van der Waals surface area (Å²) in [4.78, 5) is 0. The molecule has 2 heteroatoms. The molecule has 0 radical (unpaired) electrons. The number of fused-ring (bicyclic) bond motifs is 1. The zero-order valence-electron chi connectivity index (χ0n) is 8.33. The summed E-state index contributed by atoms with van der Waals surface area (Å²) in [6.45, 7) is 3.13. The SMILES string of the molecule is CCCCn1ccc2ccc(F)cc21. The lowest BCUT2D eigenvalue weighted by Crippen LogP contribution is -1.95. The standard InChI is InChI=1S/C12H14FN/c1-2-3-7-14-8-6-10-4-5-11(13)9-12(10)14/h4-6,8-9H,2-3,7H2,1H3. The van der Waals surface area contributed by atoms with Crippen molar-refractivity contribution in [2.24, 2.45) is 0 Å². The molecule has 1 aromatic carbocycles. The first-order valence-corrected chi connectivity index (χ1v) is 5.05. The lowest BCUT2D eigenvalue weighted by atomic mass is 10.2. The minimum Gasteiger partial charge on any atom is -0.347 e. The zero-order valence-corrected chi connectivity index (χ0v) is 8.33. The maximum Gasteiger partial charge on any atom is 0.125 e. The third-order valence-electron chi connectivity index (χ3n) is 2.49. The van der Waals surface area contributed by atoms with Crippen LogP contribution in [-0.2, 0) is 6.54 Å². The van der Waals surface area contributed by atoms with Crippen molar-refractivity contribution in [3.05, 3.63) is 36.3 Å². The van der Waals surface area contributed by atoms with Gasteiger partial charge in [0.05, 0.1) is 5.52 Å². The second-order valence-electron chi connectivity index (χ2n) is 3.57. The lowest BCUT2D eigenvalue weighted by molar-refractivity contribution is 0.623. The highest BCUT2D eigenvalue weighted by molar-refractivity contribution is 5.80. The number of hydrogen-bond donors (Lipinski definition) is 0. The Labute approximate surface area is 83.2 Å². The fraction of sp³-hybridized carbons (Fsp3) is 0.333. The molecule has 2 rings (SSSR count). The molecule has 14 heavy (non-hydrogen) atoms. The van der Waals surface area contributed by atoms with Gasteiger partial charge in [0, 0.05) is 12.7 Å². The van der Waals surface area contributed by atoms with E-state index >= 15 is 0 Å². The predicted molar refractivity (Wildman–Crippen MR) is 56.8 cm³/mol. The average Bonchev–Trinajstić information content (AvgIpc) is 2.57. The highest BCUT2D eigenvalue weighted by Gasteiger charge is 2.01. The topological polar surface area (TPSA) is 4.93 Å². The summed E-state index contributed by atoms with van der Waals surface area (Å²) in [6, 6.07) is 6.97. The molecule has 0 spiro atoms. The molecular weight excluding hydrogens is 177 g/mol. The molecule has 2 aromatic rings. The van der Waals surface area contributed by atoms with E-state index in [0.717, 1.165) is 30.3 Å². The van der Waals surface area contributed by atoms with E-state index in [1.54, 1.807) is 6.07 Å². The van der Waals surface area contributed by atoms with Crippen molar-refractivity contribution in [3.63, 3.8) is 0 Å². The van der Waals surface area contributed by atoms with Crippen LogP contribution in [0.15, 0.2) is 30.5 Å². The van der Waals surface area contributed by atoms with Crippen molar-refractivity contribution in [2.75, 3.05) is 0 Å². The smallest absolute Gasteiger partial charge is 0.125 e. The van der Waals surface area contributed by atoms with E-state index in [2.05, 4.69) is 11.5 Å². The van der Waals surface area contributed by atoms with Crippen LogP contribution in [0.1, 0.15) is 19.8 Å². The first-order valence-electron chi connectivity index (χ1n) is 5.05. The van der Waals surface area contributed by atoms with Gasteiger partial charge in [-0.15, -0.1) is 0 Å². The molecule has 0 aliphatic rings. The summed E-state index contributed by atoms with van der Waals surface area (Å²) in [5.41, 5.74) is 0.999. The van der Waals surface area contributed by atoms with E-state index in [0.29, 0.717) is 0 Å². The van der Waals surface area contributed by atoms with Crippen molar-refractivity contribution in [3.8, 4) is 0 Å². The predicted octanol–water partition coefficient (Wildman–Crippen LogP) is 3.58. The van der Waals surface area contributed by atoms with Crippen LogP contribution in [0.25, 0.3) is 10.9 Å². The number of aromatic nitrogens is 1. The van der Waals surface area contributed by atoms with Gasteiger partial charge in [-0.3, -0.25) is 0 Å². The first-order chi connectivity index (χ1) is 6.81. The monoisotopic (exact) mass is 191 g/mol. The second kappa shape index (κ2) is 3.82. The lowest BCUT2D eigenvalue weighted by Gasteiger charge is -2.03. The molecule has 0 saturated heterocycles. The van der Waals surface area contributed by atoms with Crippen LogP contribution in [0, 0.1) is 5.82 Å². The normalized spacial score (nSPS) is 11.0. The van der Waals surface area contributed by atoms with Gasteiger partial charge in [0.1, 0.15) is 5.82 Å². The highest BCUT2D eigenvalue weighted by Crippen LogP contribution is 2.17. The number of unbranched alkanes of at least 4 members (excludes halogenated alkanes) is 1. The Bertz CT molecular complexity index is 431. The number of nitrogens with zero attached hydrogens (tertiary/aromatic N) is 1. The van der Waals surface area contributed by atoms with Gasteiger partial charge in [0.25, 0.3) is 0 Å². The van der Waals surface area contributed by atoms with Crippen LogP contribution >= 0.6 is 0 Å². The largest absolute Gasteiger partial charge is 0.347 e. The molecular formula is C12H14FN. The maximum atomic E-state index is 13.0. The number of rotatable bonds is 3. The molecule has 1 aromatic heterocycles. The minimum absolute atomic E-state index is 0.158. The van der Waals surface area contributed by atoms with Gasteiger partial charge in [-0.2, -0.15) is 0 Å². The number of benzene rings is 1. The van der Waals surface area contributed by atoms with Crippen LogP contribution < -0.4 is 0 Å². The number of hydrogen-bond acceptors (Lipinski definition) is 0. The molecule has 0 amide bonds. The van der Waals surface area contributed by atoms with Gasteiger partial charge in [0.2, 0.25) is 0 Å². The number of aryl methyl sites for hydroxylation is 1. The molecule has 0 aliphatic carbocycles. The molecule has 0 unspecified atom stereocenters. The average molecular weight is 191 g/mol. The van der Waals surface area contributed by atoms with Gasteiger partial charge in [-0.25, -0.2) is 4.39 Å². The molecule has 0 atom stereocenters. The summed E-state index contributed by atoms with van der Waals surface area (Å²) in [6.07, 6.45) is 4.33. The quantitative estimate of drug-likeness (QED) is 0.698. The van der Waals surface area contributed by atoms with Gasteiger partial charge >= 0.3 is 0 Å². The van der Waals surface area contributed by atoms with Gasteiger partial charge in [0.15, 0.2) is 0 Å². The van der Waals surface area contributed by atoms with Crippen molar-refractivity contribution in [1.82, 2.24) is 4.57 Å². The zero-order chi connectivity index (χ0) is 9.97. The van der Waals surface area contributed by atoms with Crippen LogP contribution in [0.2, 0.25) is 0 Å². The Balaban J connectivity index is 2.40. The Morgan fingerprint density at radius 2 is 2.14 bits per heavy atom. The second-order valence-corrected chi connectivity index (χ2v) is 3.57. The third-order valence-corrected chi connectivity index (χ3v) is 2.49. The summed E-state index contributed by atoms with van der Waals surface area (Å²) >= 11 is 0. The van der Waals surface area contributed by atoms with E-state index in [-0.39, 0.29) is 5.82 Å². The first kappa shape index (κ1) is 9.25. The number of halogens is 1. The summed E-state index contributed by atoms with van der Waals surface area (Å²) in [5, 5.41) is 1.11. The Hall–Kier alpha value is -1.31. The molecule has 1 nitrogen and oxygen atoms in total. The van der Waals surface area contributed by atoms with Crippen molar-refractivity contribution in [1.29, 1.82) is 0 Å². The van der Waals surface area contributed by atoms with E-state index in [1.165, 1.54) is 6.07 Å². The summed E-state index contributed by atoms with van der Waals surface area (Å²) in [5.74, 6) is -0.158. The van der Waals surface area contributed by atoms with E-state index in [4.69, 9.17) is 0 Å². The molecule has 1 heterocycles.